The summed E-state index contributed by atoms with van der Waals surface area (Å²) in [6.07, 6.45) is 3.07. The number of carbonyl (C=O) groups is 3. The summed E-state index contributed by atoms with van der Waals surface area (Å²) in [5.74, 6) is 1.19. The third-order valence-electron chi connectivity index (χ3n) is 6.98. The molecule has 46 heavy (non-hydrogen) atoms. The van der Waals surface area contributed by atoms with Crippen LogP contribution in [0.3, 0.4) is 0 Å². The third kappa shape index (κ3) is 9.63. The molecule has 0 spiro atoms. The lowest BCUT2D eigenvalue weighted by Crippen LogP contribution is -2.50. The summed E-state index contributed by atoms with van der Waals surface area (Å²) in [4.78, 5) is 37.3. The van der Waals surface area contributed by atoms with Gasteiger partial charge in [0.05, 0.1) is 40.2 Å². The minimum Gasteiger partial charge on any atom is -0.495 e. The molecule has 0 fully saturated rings. The molecule has 0 aromatic heterocycles. The number of methoxy groups -OCH3 is 4. The molecule has 3 aromatic carbocycles. The van der Waals surface area contributed by atoms with Gasteiger partial charge in [-0.15, -0.1) is 0 Å². The molecule has 0 aliphatic rings. The van der Waals surface area contributed by atoms with Crippen LogP contribution >= 0.6 is 0 Å². The molecule has 12 nitrogen and oxygen atoms in total. The molecule has 3 amide bonds. The van der Waals surface area contributed by atoms with Crippen molar-refractivity contribution < 1.29 is 38.1 Å². The van der Waals surface area contributed by atoms with E-state index in [1.807, 2.05) is 44.2 Å². The van der Waals surface area contributed by atoms with Gasteiger partial charge in [-0.25, -0.2) is 4.79 Å². The highest BCUT2D eigenvalue weighted by Crippen LogP contribution is 2.38. The lowest BCUT2D eigenvalue weighted by molar-refractivity contribution is -0.127. The van der Waals surface area contributed by atoms with Crippen LogP contribution in [0, 0.1) is 5.92 Å². The molecule has 0 saturated carbocycles. The highest BCUT2D eigenvalue weighted by Gasteiger charge is 2.22. The van der Waals surface area contributed by atoms with Crippen LogP contribution in [0.25, 0.3) is 12.2 Å². The van der Waals surface area contributed by atoms with Gasteiger partial charge < -0.3 is 40.1 Å². The number of amides is 3. The largest absolute Gasteiger partial charge is 0.495 e. The van der Waals surface area contributed by atoms with Crippen molar-refractivity contribution in [2.24, 2.45) is 11.7 Å². The van der Waals surface area contributed by atoms with Gasteiger partial charge in [0.2, 0.25) is 17.6 Å². The first-order chi connectivity index (χ1) is 22.0. The molecular formula is C34H42N4O8. The molecule has 3 aromatic rings. The molecule has 12 heteroatoms. The van der Waals surface area contributed by atoms with Gasteiger partial charge in [0, 0.05) is 5.69 Å². The number of nitrogens with two attached hydrogens (primary N) is 1. The van der Waals surface area contributed by atoms with Gasteiger partial charge in [-0.2, -0.15) is 0 Å². The third-order valence-corrected chi connectivity index (χ3v) is 6.98. The molecule has 2 atom stereocenters. The van der Waals surface area contributed by atoms with E-state index in [9.17, 15) is 14.4 Å². The first-order valence-corrected chi connectivity index (χ1v) is 14.5. The van der Waals surface area contributed by atoms with E-state index < -0.39 is 18.2 Å². The topological polar surface area (TPSA) is 159 Å². The predicted molar refractivity (Wildman–Crippen MR) is 177 cm³/mol. The summed E-state index contributed by atoms with van der Waals surface area (Å²) in [7, 11) is 6.16. The summed E-state index contributed by atoms with van der Waals surface area (Å²) >= 11 is 0. The lowest BCUT2D eigenvalue weighted by atomic mass is 10.0. The van der Waals surface area contributed by atoms with E-state index in [-0.39, 0.29) is 24.3 Å². The second-order valence-electron chi connectivity index (χ2n) is 10.6. The van der Waals surface area contributed by atoms with Crippen molar-refractivity contribution >= 4 is 41.4 Å². The smallest absolute Gasteiger partial charge is 0.412 e. The van der Waals surface area contributed by atoms with E-state index >= 15 is 0 Å². The quantitative estimate of drug-likeness (QED) is 0.178. The fourth-order valence-corrected chi connectivity index (χ4v) is 4.22. The Morgan fingerprint density at radius 2 is 1.35 bits per heavy atom. The monoisotopic (exact) mass is 634 g/mol. The fourth-order valence-electron chi connectivity index (χ4n) is 4.22. The molecule has 0 aliphatic carbocycles. The molecule has 0 aliphatic heterocycles. The number of carbonyl (C=O) groups excluding carboxylic acids is 3. The highest BCUT2D eigenvalue weighted by molar-refractivity contribution is 5.97. The maximum atomic E-state index is 12.7. The molecule has 5 N–H and O–H groups in total. The maximum Gasteiger partial charge on any atom is 0.412 e. The summed E-state index contributed by atoms with van der Waals surface area (Å²) in [6.45, 7) is 5.23. The fraction of sp³-hybridized carbons (Fsp3) is 0.324. The lowest BCUT2D eigenvalue weighted by Gasteiger charge is -2.19. The van der Waals surface area contributed by atoms with Crippen LogP contribution in [0.5, 0.6) is 23.0 Å². The Hall–Kier alpha value is -5.23. The molecule has 0 heterocycles. The number of hydrogen-bond donors (Lipinski definition) is 4. The number of anilines is 2. The van der Waals surface area contributed by atoms with Gasteiger partial charge in [0.1, 0.15) is 18.4 Å². The minimum absolute atomic E-state index is 0.0113. The van der Waals surface area contributed by atoms with Gasteiger partial charge >= 0.3 is 6.09 Å². The number of nitrogens with one attached hydrogen (secondary N) is 3. The number of rotatable bonds is 14. The van der Waals surface area contributed by atoms with Crippen LogP contribution in [-0.2, 0) is 20.9 Å². The van der Waals surface area contributed by atoms with Crippen molar-refractivity contribution in [3.05, 3.63) is 71.3 Å². The molecule has 0 saturated heterocycles. The number of hydrogen-bond acceptors (Lipinski definition) is 9. The van der Waals surface area contributed by atoms with Crippen LogP contribution in [-0.4, -0.2) is 58.4 Å². The van der Waals surface area contributed by atoms with Gasteiger partial charge in [0.25, 0.3) is 0 Å². The average Bonchev–Trinajstić information content (AvgIpc) is 3.05. The first kappa shape index (κ1) is 35.3. The molecule has 0 bridgehead atoms. The summed E-state index contributed by atoms with van der Waals surface area (Å²) in [6, 6.07) is 14.3. The highest BCUT2D eigenvalue weighted by atomic mass is 16.5. The van der Waals surface area contributed by atoms with E-state index in [4.69, 9.17) is 29.4 Å². The van der Waals surface area contributed by atoms with Crippen molar-refractivity contribution in [1.29, 1.82) is 0 Å². The van der Waals surface area contributed by atoms with Crippen LogP contribution in [0.15, 0.2) is 54.6 Å². The summed E-state index contributed by atoms with van der Waals surface area (Å²) < 4.78 is 27.0. The van der Waals surface area contributed by atoms with Crippen LogP contribution < -0.4 is 40.6 Å². The Morgan fingerprint density at radius 1 is 0.739 bits per heavy atom. The average molecular weight is 635 g/mol. The Labute approximate surface area is 269 Å². The standard InChI is InChI=1S/C34H42N4O8/c1-20(2)30(35)33(40)36-21(3)32(39)37-25-13-10-23(11-14-25)19-46-34(41)38-26-16-22(12-15-27(26)42-4)8-9-24-17-28(43-5)31(45-7)29(18-24)44-6/h8-18,20-21,30H,19,35H2,1-7H3,(H,36,40)(H,37,39)(H,38,41)/b9-8-/t21-,30-/m0/s1. The first-order valence-electron chi connectivity index (χ1n) is 14.5. The Bertz CT molecular complexity index is 1510. The normalized spacial score (nSPS) is 12.2. The zero-order valence-electron chi connectivity index (χ0n) is 27.1. The molecular weight excluding hydrogens is 592 g/mol. The van der Waals surface area contributed by atoms with E-state index in [0.717, 1.165) is 11.1 Å². The Balaban J connectivity index is 1.59. The Kier molecular flexibility index (Phi) is 12.8. The van der Waals surface area contributed by atoms with Crippen molar-refractivity contribution in [3.63, 3.8) is 0 Å². The SMILES string of the molecule is COc1ccc(/C=C\c2cc(OC)c(OC)c(OC)c2)cc1NC(=O)OCc1ccc(NC(=O)[C@H](C)NC(=O)[C@@H](N)C(C)C)cc1. The second-order valence-corrected chi connectivity index (χ2v) is 10.6. The summed E-state index contributed by atoms with van der Waals surface area (Å²) in [5.41, 5.74) is 9.10. The molecule has 0 unspecified atom stereocenters. The van der Waals surface area contributed by atoms with Crippen molar-refractivity contribution in [2.45, 2.75) is 39.5 Å². The van der Waals surface area contributed by atoms with Gasteiger partial charge in [-0.1, -0.05) is 44.2 Å². The van der Waals surface area contributed by atoms with E-state index in [1.54, 1.807) is 64.7 Å². The molecule has 3 rings (SSSR count). The van der Waals surface area contributed by atoms with Crippen LogP contribution in [0.1, 0.15) is 37.5 Å². The van der Waals surface area contributed by atoms with Crippen molar-refractivity contribution in [2.75, 3.05) is 39.1 Å². The van der Waals surface area contributed by atoms with Gasteiger partial charge in [-0.05, 0) is 65.9 Å². The van der Waals surface area contributed by atoms with E-state index in [0.29, 0.717) is 39.9 Å². The van der Waals surface area contributed by atoms with Crippen LogP contribution in [0.2, 0.25) is 0 Å². The predicted octanol–water partition coefficient (Wildman–Crippen LogP) is 5.07. The second kappa shape index (κ2) is 16.7. The van der Waals surface area contributed by atoms with Crippen molar-refractivity contribution in [3.8, 4) is 23.0 Å². The zero-order chi connectivity index (χ0) is 33.8. The summed E-state index contributed by atoms with van der Waals surface area (Å²) in [5, 5.41) is 8.08. The van der Waals surface area contributed by atoms with Gasteiger partial charge in [-0.3, -0.25) is 14.9 Å². The number of benzene rings is 3. The van der Waals surface area contributed by atoms with E-state index in [2.05, 4.69) is 16.0 Å². The van der Waals surface area contributed by atoms with E-state index in [1.165, 1.54) is 7.11 Å². The zero-order valence-corrected chi connectivity index (χ0v) is 27.1. The minimum atomic E-state index is -0.774. The molecule has 0 radical (unpaired) electrons. The van der Waals surface area contributed by atoms with Crippen LogP contribution in [0.4, 0.5) is 16.2 Å². The Morgan fingerprint density at radius 3 is 1.91 bits per heavy atom. The van der Waals surface area contributed by atoms with Crippen molar-refractivity contribution in [1.82, 2.24) is 5.32 Å². The molecule has 246 valence electrons. The maximum absolute atomic E-state index is 12.7. The van der Waals surface area contributed by atoms with Gasteiger partial charge in [0.15, 0.2) is 11.5 Å². The number of ether oxygens (including phenoxy) is 5.